The molecule has 0 radical (unpaired) electrons. The predicted octanol–water partition coefficient (Wildman–Crippen LogP) is 2.83. The Labute approximate surface area is 198 Å². The molecule has 33 heavy (non-hydrogen) atoms. The van der Waals surface area contributed by atoms with Gasteiger partial charge in [-0.25, -0.2) is 9.78 Å². The predicted molar refractivity (Wildman–Crippen MR) is 133 cm³/mol. The van der Waals surface area contributed by atoms with E-state index in [1.807, 2.05) is 36.6 Å². The van der Waals surface area contributed by atoms with Crippen LogP contribution in [0.3, 0.4) is 0 Å². The van der Waals surface area contributed by atoms with Gasteiger partial charge in [-0.3, -0.25) is 14.3 Å². The first kappa shape index (κ1) is 22.2. The minimum absolute atomic E-state index is 0.0544. The first-order chi connectivity index (χ1) is 15.9. The van der Waals surface area contributed by atoms with Gasteiger partial charge in [0.2, 0.25) is 5.95 Å². The summed E-state index contributed by atoms with van der Waals surface area (Å²) in [5.74, 6) is 1.57. The number of thiazole rings is 1. The number of anilines is 1. The molecule has 1 aliphatic heterocycles. The number of ether oxygens (including phenoxy) is 1. The fourth-order valence-corrected chi connectivity index (χ4v) is 6.38. The van der Waals surface area contributed by atoms with Crippen LogP contribution in [0.2, 0.25) is 0 Å². The van der Waals surface area contributed by atoms with Gasteiger partial charge in [0.15, 0.2) is 15.5 Å². The van der Waals surface area contributed by atoms with Crippen molar-refractivity contribution in [2.75, 3.05) is 23.7 Å². The lowest BCUT2D eigenvalue weighted by Gasteiger charge is -2.36. The maximum atomic E-state index is 12.8. The van der Waals surface area contributed by atoms with Gasteiger partial charge < -0.3 is 14.2 Å². The lowest BCUT2D eigenvalue weighted by Crippen LogP contribution is -2.46. The molecular formula is C22H26N6O3S2. The van der Waals surface area contributed by atoms with Crippen molar-refractivity contribution >= 4 is 50.4 Å². The summed E-state index contributed by atoms with van der Waals surface area (Å²) in [4.78, 5) is 38.9. The second-order valence-electron chi connectivity index (χ2n) is 8.37. The fourth-order valence-electron chi connectivity index (χ4n) is 4.31. The highest BCUT2D eigenvalue weighted by Crippen LogP contribution is 2.30. The summed E-state index contributed by atoms with van der Waals surface area (Å²) < 4.78 is 11.5. The topological polar surface area (TPSA) is 98.0 Å². The number of aromatic nitrogens is 5. The fraction of sp³-hybridized carbons (Fsp3) is 0.455. The molecule has 0 amide bonds. The summed E-state index contributed by atoms with van der Waals surface area (Å²) in [6.45, 7) is 6.05. The number of nitrogens with one attached hydrogen (secondary N) is 1. The third kappa shape index (κ3) is 4.32. The van der Waals surface area contributed by atoms with E-state index >= 15 is 0 Å². The molecule has 3 aromatic heterocycles. The molecule has 9 nitrogen and oxygen atoms in total. The van der Waals surface area contributed by atoms with Crippen LogP contribution in [0.5, 0.6) is 0 Å². The number of hydrogen-bond donors (Lipinski definition) is 1. The van der Waals surface area contributed by atoms with Crippen LogP contribution >= 0.6 is 23.1 Å². The summed E-state index contributed by atoms with van der Waals surface area (Å²) in [5.41, 5.74) is 1.00. The molecular weight excluding hydrogens is 460 g/mol. The van der Waals surface area contributed by atoms with Crippen molar-refractivity contribution in [3.05, 3.63) is 45.1 Å². The number of aryl methyl sites for hydroxylation is 2. The van der Waals surface area contributed by atoms with Crippen molar-refractivity contribution < 1.29 is 4.74 Å². The molecule has 1 aromatic carbocycles. The van der Waals surface area contributed by atoms with E-state index in [1.54, 1.807) is 30.1 Å². The van der Waals surface area contributed by atoms with E-state index in [4.69, 9.17) is 9.72 Å². The number of H-pyrrole nitrogens is 1. The number of benzene rings is 1. The van der Waals surface area contributed by atoms with Crippen molar-refractivity contribution in [3.63, 3.8) is 0 Å². The minimum atomic E-state index is -0.459. The van der Waals surface area contributed by atoms with Gasteiger partial charge in [0.25, 0.3) is 5.56 Å². The van der Waals surface area contributed by atoms with Crippen molar-refractivity contribution in [1.82, 2.24) is 24.1 Å². The SMILES string of the molecule is C[C@H]1CN(c2nc3c(c(=O)[nH]c(=O)n3C)n2CCCSc2nc3ccccc3s2)C[C@H](C)O1. The number of imidazole rings is 1. The summed E-state index contributed by atoms with van der Waals surface area (Å²) >= 11 is 3.42. The molecule has 0 aliphatic carbocycles. The van der Waals surface area contributed by atoms with Gasteiger partial charge in [-0.1, -0.05) is 23.9 Å². The Morgan fingerprint density at radius 1 is 1.18 bits per heavy atom. The van der Waals surface area contributed by atoms with Crippen LogP contribution in [0.15, 0.2) is 38.2 Å². The second-order valence-corrected chi connectivity index (χ2v) is 10.7. The van der Waals surface area contributed by atoms with Crippen LogP contribution in [0, 0.1) is 0 Å². The maximum absolute atomic E-state index is 12.8. The molecule has 4 heterocycles. The Balaban J connectivity index is 1.42. The molecule has 0 unspecified atom stereocenters. The molecule has 1 fully saturated rings. The van der Waals surface area contributed by atoms with Crippen molar-refractivity contribution in [2.45, 2.75) is 43.4 Å². The average molecular weight is 487 g/mol. The van der Waals surface area contributed by atoms with Crippen LogP contribution in [0.25, 0.3) is 21.4 Å². The van der Waals surface area contributed by atoms with E-state index in [2.05, 4.69) is 20.9 Å². The van der Waals surface area contributed by atoms with Crippen molar-refractivity contribution in [2.24, 2.45) is 7.05 Å². The number of aromatic amines is 1. The van der Waals surface area contributed by atoms with Crippen LogP contribution < -0.4 is 16.1 Å². The number of thioether (sulfide) groups is 1. The quantitative estimate of drug-likeness (QED) is 0.331. The van der Waals surface area contributed by atoms with Gasteiger partial charge >= 0.3 is 5.69 Å². The van der Waals surface area contributed by atoms with Crippen LogP contribution in [-0.4, -0.2) is 55.1 Å². The van der Waals surface area contributed by atoms with Gasteiger partial charge in [0, 0.05) is 32.4 Å². The van der Waals surface area contributed by atoms with Crippen molar-refractivity contribution in [3.8, 4) is 0 Å². The van der Waals surface area contributed by atoms with E-state index in [1.165, 1.54) is 9.27 Å². The van der Waals surface area contributed by atoms with Crippen LogP contribution in [-0.2, 0) is 18.3 Å². The highest BCUT2D eigenvalue weighted by Gasteiger charge is 2.28. The molecule has 11 heteroatoms. The molecule has 1 aliphatic rings. The Hall–Kier alpha value is -2.63. The smallest absolute Gasteiger partial charge is 0.329 e. The molecule has 1 N–H and O–H groups in total. The standard InChI is InChI=1S/C22H26N6O3S2/c1-13-11-27(12-14(2)31-13)20-24-18-17(19(29)25-21(30)26(18)3)28(20)9-6-10-32-22-23-15-7-4-5-8-16(15)33-22/h4-5,7-8,13-14H,6,9-12H2,1-3H3,(H,25,29,30)/t13-,14-/m0/s1. The zero-order valence-corrected chi connectivity index (χ0v) is 20.4. The minimum Gasteiger partial charge on any atom is -0.372 e. The number of nitrogens with zero attached hydrogens (tertiary/aromatic N) is 5. The van der Waals surface area contributed by atoms with Gasteiger partial charge in [0.1, 0.15) is 0 Å². The number of morpholine rings is 1. The summed E-state index contributed by atoms with van der Waals surface area (Å²) in [5, 5.41) is 0. The number of fused-ring (bicyclic) bond motifs is 2. The average Bonchev–Trinajstić information content (AvgIpc) is 3.36. The zero-order valence-electron chi connectivity index (χ0n) is 18.8. The molecule has 5 rings (SSSR count). The molecule has 1 saturated heterocycles. The van der Waals surface area contributed by atoms with E-state index in [9.17, 15) is 9.59 Å². The summed E-state index contributed by atoms with van der Waals surface area (Å²) in [7, 11) is 1.63. The van der Waals surface area contributed by atoms with Crippen molar-refractivity contribution in [1.29, 1.82) is 0 Å². The molecule has 2 atom stereocenters. The monoisotopic (exact) mass is 486 g/mol. The van der Waals surface area contributed by atoms with Gasteiger partial charge in [-0.05, 0) is 32.4 Å². The Morgan fingerprint density at radius 3 is 2.70 bits per heavy atom. The molecule has 4 aromatic rings. The number of para-hydroxylation sites is 1. The number of rotatable bonds is 6. The molecule has 0 spiro atoms. The normalized spacial score (nSPS) is 19.1. The Kier molecular flexibility index (Phi) is 6.02. The number of hydrogen-bond acceptors (Lipinski definition) is 8. The van der Waals surface area contributed by atoms with E-state index in [0.29, 0.717) is 36.7 Å². The van der Waals surface area contributed by atoms with Gasteiger partial charge in [0.05, 0.1) is 22.4 Å². The maximum Gasteiger partial charge on any atom is 0.329 e. The van der Waals surface area contributed by atoms with Crippen LogP contribution in [0.1, 0.15) is 20.3 Å². The van der Waals surface area contributed by atoms with Crippen LogP contribution in [0.4, 0.5) is 5.95 Å². The van der Waals surface area contributed by atoms with E-state index in [-0.39, 0.29) is 12.2 Å². The van der Waals surface area contributed by atoms with Gasteiger partial charge in [-0.2, -0.15) is 4.98 Å². The molecule has 0 saturated carbocycles. The van der Waals surface area contributed by atoms with E-state index in [0.717, 1.165) is 22.0 Å². The van der Waals surface area contributed by atoms with Gasteiger partial charge in [-0.15, -0.1) is 11.3 Å². The highest BCUT2D eigenvalue weighted by atomic mass is 32.2. The first-order valence-electron chi connectivity index (χ1n) is 11.0. The molecule has 0 bridgehead atoms. The second kappa shape index (κ2) is 8.96. The van der Waals surface area contributed by atoms with E-state index < -0.39 is 11.2 Å². The Bertz CT molecular complexity index is 1380. The summed E-state index contributed by atoms with van der Waals surface area (Å²) in [6.07, 6.45) is 0.939. The molecule has 174 valence electrons. The lowest BCUT2D eigenvalue weighted by molar-refractivity contribution is -0.00588. The highest BCUT2D eigenvalue weighted by molar-refractivity contribution is 8.01. The lowest BCUT2D eigenvalue weighted by atomic mass is 10.2. The largest absolute Gasteiger partial charge is 0.372 e. The summed E-state index contributed by atoms with van der Waals surface area (Å²) in [6, 6.07) is 8.14. The zero-order chi connectivity index (χ0) is 23.1. The third-order valence-corrected chi connectivity index (χ3v) is 7.98. The Morgan fingerprint density at radius 2 is 1.94 bits per heavy atom. The first-order valence-corrected chi connectivity index (χ1v) is 12.8. The third-order valence-electron chi connectivity index (χ3n) is 5.72.